The van der Waals surface area contributed by atoms with Crippen LogP contribution in [0.3, 0.4) is 0 Å². The first kappa shape index (κ1) is 42.1. The summed E-state index contributed by atoms with van der Waals surface area (Å²) >= 11 is 0. The number of azo groups is 3. The summed E-state index contributed by atoms with van der Waals surface area (Å²) in [6, 6.07) is 27.8. The van der Waals surface area contributed by atoms with E-state index in [4.69, 9.17) is 11.5 Å². The van der Waals surface area contributed by atoms with Crippen molar-refractivity contribution in [1.29, 1.82) is 0 Å². The number of nitrogens with two attached hydrogens (primary N) is 2. The number of nitrogens with zero attached hydrogens (tertiary/aromatic N) is 6. The molecule has 0 saturated heterocycles. The Morgan fingerprint density at radius 3 is 1.48 bits per heavy atom. The number of phenolic OH excluding ortho intramolecular Hbond substituents is 2. The summed E-state index contributed by atoms with van der Waals surface area (Å²) in [5, 5.41) is 44.2. The number of hydrogen-bond acceptors (Lipinski definition) is 14. The van der Waals surface area contributed by atoms with E-state index in [0.717, 1.165) is 23.3 Å². The number of nitrogen functional groups attached to an aromatic ring is 2. The van der Waals surface area contributed by atoms with Gasteiger partial charge in [-0.25, -0.2) is 0 Å². The quantitative estimate of drug-likeness (QED) is 0.0355. The SMILES string of the molecule is Nc1cc(O)ccc1N=Nc1ccc(-c2ccc(N=Nc3c(S(=O)(=O)O)cc4cc(S(=O)(=O)O)c(N=Nc5ccccc5)c(O)c4c3N)cc2)cc1.[Na].[Na]. The number of anilines is 2. The van der Waals surface area contributed by atoms with Crippen LogP contribution in [-0.2, 0) is 20.2 Å². The van der Waals surface area contributed by atoms with Crippen molar-refractivity contribution in [2.75, 3.05) is 11.5 Å². The van der Waals surface area contributed by atoms with Crippen molar-refractivity contribution in [2.45, 2.75) is 9.79 Å². The number of hydrogen-bond donors (Lipinski definition) is 6. The van der Waals surface area contributed by atoms with E-state index in [0.29, 0.717) is 11.4 Å². The van der Waals surface area contributed by atoms with Gasteiger partial charge in [0.05, 0.1) is 33.8 Å². The van der Waals surface area contributed by atoms with E-state index >= 15 is 0 Å². The molecule has 0 atom stereocenters. The Kier molecular flexibility index (Phi) is 13.5. The first-order valence-electron chi connectivity index (χ1n) is 14.9. The summed E-state index contributed by atoms with van der Waals surface area (Å²) in [5.74, 6) is -0.840. The number of fused-ring (bicyclic) bond motifs is 1. The molecule has 6 aromatic rings. The van der Waals surface area contributed by atoms with Crippen molar-refractivity contribution < 1.29 is 36.2 Å². The fourth-order valence-electron chi connectivity index (χ4n) is 5.00. The number of benzene rings is 6. The van der Waals surface area contributed by atoms with Gasteiger partial charge in [0.1, 0.15) is 32.6 Å². The molecule has 0 heterocycles. The van der Waals surface area contributed by atoms with Gasteiger partial charge in [-0.15, -0.1) is 15.3 Å². The second-order valence-corrected chi connectivity index (χ2v) is 13.8. The van der Waals surface area contributed by atoms with Crippen molar-refractivity contribution in [3.05, 3.63) is 109 Å². The molecule has 6 rings (SSSR count). The van der Waals surface area contributed by atoms with Crippen molar-refractivity contribution in [1.82, 2.24) is 0 Å². The van der Waals surface area contributed by atoms with Gasteiger partial charge in [-0.2, -0.15) is 32.2 Å². The topological polar surface area (TPSA) is 275 Å². The maximum Gasteiger partial charge on any atom is 0.296 e. The molecule has 8 N–H and O–H groups in total. The summed E-state index contributed by atoms with van der Waals surface area (Å²) < 4.78 is 69.3. The molecule has 0 fully saturated rings. The van der Waals surface area contributed by atoms with E-state index in [2.05, 4.69) is 30.7 Å². The molecule has 54 heavy (non-hydrogen) atoms. The van der Waals surface area contributed by atoms with Crippen LogP contribution < -0.4 is 11.5 Å². The summed E-state index contributed by atoms with van der Waals surface area (Å²) in [6.45, 7) is 0. The Balaban J connectivity index is 0.00000325. The maximum atomic E-state index is 12.4. The van der Waals surface area contributed by atoms with Gasteiger partial charge in [0.25, 0.3) is 20.2 Å². The summed E-state index contributed by atoms with van der Waals surface area (Å²) in [4.78, 5) is -1.74. The Labute approximate surface area is 352 Å². The van der Waals surface area contributed by atoms with Crippen LogP contribution >= 0.6 is 0 Å². The van der Waals surface area contributed by atoms with E-state index < -0.39 is 52.8 Å². The molecule has 264 valence electrons. The van der Waals surface area contributed by atoms with Crippen molar-refractivity contribution in [3.8, 4) is 22.6 Å². The minimum Gasteiger partial charge on any atom is -0.508 e. The van der Waals surface area contributed by atoms with Crippen molar-refractivity contribution >= 4 is 136 Å². The molecule has 0 spiro atoms. The smallest absolute Gasteiger partial charge is 0.296 e. The predicted molar refractivity (Wildman–Crippen MR) is 205 cm³/mol. The molecule has 0 aromatic heterocycles. The summed E-state index contributed by atoms with van der Waals surface area (Å²) in [5.41, 5.74) is 13.8. The summed E-state index contributed by atoms with van der Waals surface area (Å²) in [7, 11) is -10.1. The van der Waals surface area contributed by atoms with E-state index in [1.165, 1.54) is 12.1 Å². The third-order valence-corrected chi connectivity index (χ3v) is 9.24. The normalized spacial score (nSPS) is 12.0. The van der Waals surface area contributed by atoms with Crippen LogP contribution in [0.25, 0.3) is 21.9 Å². The van der Waals surface area contributed by atoms with E-state index in [1.807, 2.05) is 12.1 Å². The fraction of sp³-hybridized carbons (Fsp3) is 0. The molecular formula is C34H26N8Na2O8S2. The van der Waals surface area contributed by atoms with E-state index in [1.54, 1.807) is 72.8 Å². The Hall–Kier alpha value is -4.60. The minimum absolute atomic E-state index is 0. The predicted octanol–water partition coefficient (Wildman–Crippen LogP) is 8.06. The van der Waals surface area contributed by atoms with E-state index in [9.17, 15) is 36.2 Å². The second-order valence-electron chi connectivity index (χ2n) is 11.0. The molecule has 2 radical (unpaired) electrons. The average Bonchev–Trinajstić information content (AvgIpc) is 3.10. The van der Waals surface area contributed by atoms with Crippen molar-refractivity contribution in [2.24, 2.45) is 30.7 Å². The van der Waals surface area contributed by atoms with Gasteiger partial charge >= 0.3 is 0 Å². The standard InChI is InChI=1S/C34H26N8O8S2.2Na/c35-26-18-25(43)14-15-27(26)40-37-23-10-6-19(7-11-23)20-8-12-24(13-9-20)39-41-32-28(51(45,46)47)16-21-17-29(52(48,49)50)33(34(44)30(21)31(32)36)42-38-22-4-2-1-3-5-22;;/h1-18,43-44H,35-36H2,(H,45,46,47)(H,48,49,50);;. The molecule has 16 nitrogen and oxygen atoms in total. The van der Waals surface area contributed by atoms with Gasteiger partial charge in [-0.3, -0.25) is 9.11 Å². The van der Waals surface area contributed by atoms with Gasteiger partial charge in [0, 0.05) is 65.2 Å². The van der Waals surface area contributed by atoms with Crippen LogP contribution in [0.5, 0.6) is 11.5 Å². The van der Waals surface area contributed by atoms with E-state index in [-0.39, 0.29) is 92.7 Å². The molecule has 6 aromatic carbocycles. The zero-order chi connectivity index (χ0) is 37.2. The largest absolute Gasteiger partial charge is 0.508 e. The zero-order valence-electron chi connectivity index (χ0n) is 28.5. The van der Waals surface area contributed by atoms with Gasteiger partial charge in [-0.05, 0) is 77.2 Å². The molecule has 0 bridgehead atoms. The average molecular weight is 785 g/mol. The fourth-order valence-corrected chi connectivity index (χ4v) is 6.33. The van der Waals surface area contributed by atoms with Crippen LogP contribution in [0, 0.1) is 0 Å². The first-order chi connectivity index (χ1) is 24.7. The molecule has 0 unspecified atom stereocenters. The molecule has 0 aliphatic carbocycles. The van der Waals surface area contributed by atoms with Gasteiger partial charge in [0.2, 0.25) is 0 Å². The Bertz CT molecular complexity index is 2660. The van der Waals surface area contributed by atoms with Crippen LogP contribution in [0.1, 0.15) is 0 Å². The van der Waals surface area contributed by atoms with Gasteiger partial charge in [-0.1, -0.05) is 42.5 Å². The van der Waals surface area contributed by atoms with Crippen LogP contribution in [0.2, 0.25) is 0 Å². The van der Waals surface area contributed by atoms with Crippen LogP contribution in [-0.4, -0.2) is 95.3 Å². The third-order valence-electron chi connectivity index (χ3n) is 7.51. The minimum atomic E-state index is -5.04. The number of aromatic hydroxyl groups is 2. The van der Waals surface area contributed by atoms with Crippen molar-refractivity contribution in [3.63, 3.8) is 0 Å². The molecule has 0 amide bonds. The molecule has 0 aliphatic rings. The first-order valence-corrected chi connectivity index (χ1v) is 17.7. The maximum absolute atomic E-state index is 12.4. The molecular weight excluding hydrogens is 759 g/mol. The monoisotopic (exact) mass is 784 g/mol. The number of phenols is 2. The third kappa shape index (κ3) is 9.54. The summed E-state index contributed by atoms with van der Waals surface area (Å²) in [6.07, 6.45) is 0. The molecule has 0 aliphatic heterocycles. The molecule has 20 heteroatoms. The second kappa shape index (κ2) is 17.2. The van der Waals surface area contributed by atoms with Crippen LogP contribution in [0.4, 0.5) is 45.5 Å². The Morgan fingerprint density at radius 2 is 0.981 bits per heavy atom. The number of rotatable bonds is 9. The molecule has 0 saturated carbocycles. The Morgan fingerprint density at radius 1 is 0.519 bits per heavy atom. The van der Waals surface area contributed by atoms with Gasteiger partial charge in [0.15, 0.2) is 5.75 Å². The zero-order valence-corrected chi connectivity index (χ0v) is 34.1. The van der Waals surface area contributed by atoms with Crippen LogP contribution in [0.15, 0.2) is 150 Å². The van der Waals surface area contributed by atoms with Gasteiger partial charge < -0.3 is 21.7 Å².